The Morgan fingerprint density at radius 3 is 2.57 bits per heavy atom. The third-order valence-corrected chi connectivity index (χ3v) is 12.6. The van der Waals surface area contributed by atoms with Gasteiger partial charge in [0.15, 0.2) is 11.5 Å². The minimum Gasteiger partial charge on any atom is -0.456 e. The van der Waals surface area contributed by atoms with Gasteiger partial charge in [-0.05, 0) is 18.6 Å². The Balaban J connectivity index is 1.57. The standard InChI is InChI=1S/C21H28N5O13P3S2/c1-3-43-44-12(2)13-6-4-5-7-14(13)21(27)37-15-8-17(26-11-25-18-19(22)23-10-24-20(18)26)36-16(15)9-35-41(31,32)39-42(33,34)38-40(28,29)30/h4-7,10-12,15-17H,3,8-9H2,1-2H3,(H,31,32)(H,33,34)(H2,22,23,24)(H2,28,29,30)/t12?,15?,16-,17-/m1/s1. The van der Waals surface area contributed by atoms with E-state index in [0.717, 1.165) is 11.3 Å². The summed E-state index contributed by atoms with van der Waals surface area (Å²) in [5, 5.41) is -0.0696. The Morgan fingerprint density at radius 2 is 1.86 bits per heavy atom. The van der Waals surface area contributed by atoms with Crippen LogP contribution in [0.15, 0.2) is 36.9 Å². The predicted octanol–water partition coefficient (Wildman–Crippen LogP) is 3.73. The van der Waals surface area contributed by atoms with Crippen molar-refractivity contribution in [2.75, 3.05) is 18.1 Å². The van der Waals surface area contributed by atoms with Crippen molar-refractivity contribution in [3.8, 4) is 0 Å². The van der Waals surface area contributed by atoms with Crippen LogP contribution in [0.25, 0.3) is 11.2 Å². The van der Waals surface area contributed by atoms with Crippen LogP contribution in [-0.4, -0.2) is 69.6 Å². The number of aromatic nitrogens is 4. The molecule has 1 saturated heterocycles. The summed E-state index contributed by atoms with van der Waals surface area (Å²) in [6, 6.07) is 6.86. The van der Waals surface area contributed by atoms with E-state index in [1.807, 2.05) is 13.8 Å². The first-order valence-corrected chi connectivity index (χ1v) is 19.4. The van der Waals surface area contributed by atoms with E-state index < -0.39 is 54.5 Å². The quantitative estimate of drug-likeness (QED) is 0.0904. The van der Waals surface area contributed by atoms with Gasteiger partial charge in [-0.25, -0.2) is 33.4 Å². The molecule has 242 valence electrons. The number of nitrogens with zero attached hydrogens (tertiary/aromatic N) is 4. The molecule has 3 aromatic rings. The molecule has 4 rings (SSSR count). The smallest absolute Gasteiger partial charge is 0.456 e. The molecule has 6 atom stereocenters. The zero-order valence-electron chi connectivity index (χ0n) is 22.9. The molecule has 1 aromatic carbocycles. The maximum Gasteiger partial charge on any atom is 0.490 e. The normalized spacial score (nSPS) is 22.4. The molecule has 1 fully saturated rings. The second-order valence-electron chi connectivity index (χ2n) is 9.01. The van der Waals surface area contributed by atoms with Crippen LogP contribution in [-0.2, 0) is 36.3 Å². The lowest BCUT2D eigenvalue weighted by Gasteiger charge is -2.22. The maximum absolute atomic E-state index is 13.4. The van der Waals surface area contributed by atoms with Gasteiger partial charge in [-0.1, -0.05) is 46.7 Å². The van der Waals surface area contributed by atoms with Crippen LogP contribution < -0.4 is 5.73 Å². The molecule has 44 heavy (non-hydrogen) atoms. The topological polar surface area (TPSA) is 265 Å². The Morgan fingerprint density at radius 1 is 1.14 bits per heavy atom. The van der Waals surface area contributed by atoms with Crippen LogP contribution in [0.1, 0.15) is 47.7 Å². The Kier molecular flexibility index (Phi) is 11.3. The number of imidazole rings is 1. The maximum atomic E-state index is 13.4. The number of nitrogen functional groups attached to an aromatic ring is 1. The van der Waals surface area contributed by atoms with Gasteiger partial charge in [-0.2, -0.15) is 8.62 Å². The predicted molar refractivity (Wildman–Crippen MR) is 158 cm³/mol. The summed E-state index contributed by atoms with van der Waals surface area (Å²) in [5.74, 6) is 0.247. The first kappa shape index (κ1) is 35.0. The number of benzene rings is 1. The number of phosphoric acid groups is 3. The molecule has 1 aliphatic rings. The zero-order valence-corrected chi connectivity index (χ0v) is 27.2. The molecule has 0 aliphatic carbocycles. The van der Waals surface area contributed by atoms with E-state index in [2.05, 4.69) is 23.6 Å². The van der Waals surface area contributed by atoms with Gasteiger partial charge >= 0.3 is 29.4 Å². The Hall–Kier alpha value is -1.89. The number of esters is 1. The molecule has 0 bridgehead atoms. The lowest BCUT2D eigenvalue weighted by molar-refractivity contribution is -0.0490. The van der Waals surface area contributed by atoms with Crippen molar-refractivity contribution < 1.29 is 60.7 Å². The second-order valence-corrected chi connectivity index (χ2v) is 16.4. The molecular formula is C21H28N5O13P3S2. The summed E-state index contributed by atoms with van der Waals surface area (Å²) in [4.78, 5) is 62.6. The highest BCUT2D eigenvalue weighted by Gasteiger charge is 2.44. The van der Waals surface area contributed by atoms with Crippen molar-refractivity contribution in [2.24, 2.45) is 0 Å². The molecule has 6 N–H and O–H groups in total. The molecule has 2 aromatic heterocycles. The van der Waals surface area contributed by atoms with Crippen molar-refractivity contribution in [3.63, 3.8) is 0 Å². The van der Waals surface area contributed by atoms with Gasteiger partial charge in [0, 0.05) is 17.4 Å². The minimum absolute atomic E-state index is 0.0241. The van der Waals surface area contributed by atoms with Crippen molar-refractivity contribution in [3.05, 3.63) is 48.0 Å². The van der Waals surface area contributed by atoms with Gasteiger partial charge in [0.25, 0.3) is 0 Å². The third kappa shape index (κ3) is 9.10. The molecule has 4 unspecified atom stereocenters. The fourth-order valence-corrected chi connectivity index (χ4v) is 9.17. The Bertz CT molecular complexity index is 1640. The number of nitrogens with two attached hydrogens (primary N) is 1. The van der Waals surface area contributed by atoms with Crippen LogP contribution >= 0.6 is 45.1 Å². The molecule has 3 heterocycles. The van der Waals surface area contributed by atoms with E-state index in [9.17, 15) is 28.3 Å². The van der Waals surface area contributed by atoms with Gasteiger partial charge in [-0.15, -0.1) is 0 Å². The molecule has 0 saturated carbocycles. The van der Waals surface area contributed by atoms with E-state index >= 15 is 0 Å². The van der Waals surface area contributed by atoms with Gasteiger partial charge in [0.1, 0.15) is 30.3 Å². The van der Waals surface area contributed by atoms with E-state index in [1.54, 1.807) is 45.9 Å². The average Bonchev–Trinajstić information content (AvgIpc) is 3.53. The number of carbonyl (C=O) groups is 1. The van der Waals surface area contributed by atoms with Gasteiger partial charge in [0.05, 0.1) is 18.5 Å². The highest BCUT2D eigenvalue weighted by atomic mass is 33.1. The highest BCUT2D eigenvalue weighted by Crippen LogP contribution is 2.66. The summed E-state index contributed by atoms with van der Waals surface area (Å²) in [7, 11) is -13.6. The third-order valence-electron chi connectivity index (χ3n) is 5.90. The van der Waals surface area contributed by atoms with Gasteiger partial charge in [0.2, 0.25) is 0 Å². The number of hydrogen-bond donors (Lipinski definition) is 5. The fourth-order valence-electron chi connectivity index (χ4n) is 4.16. The summed E-state index contributed by atoms with van der Waals surface area (Å²) < 4.78 is 60.6. The molecular weight excluding hydrogens is 687 g/mol. The van der Waals surface area contributed by atoms with Gasteiger partial charge in [-0.3, -0.25) is 9.09 Å². The SMILES string of the molecule is CCSSC(C)c1ccccc1C(=O)OC1C[C@H](n2cnc3c(N)ncnc32)O[C@@H]1COP(=O)(O)OP(=O)(O)OP(=O)(O)O. The number of anilines is 1. The first-order chi connectivity index (χ1) is 20.6. The van der Waals surface area contributed by atoms with Crippen LogP contribution in [0, 0.1) is 0 Å². The van der Waals surface area contributed by atoms with E-state index in [1.165, 1.54) is 17.2 Å². The number of fused-ring (bicyclic) bond motifs is 1. The molecule has 0 radical (unpaired) electrons. The van der Waals surface area contributed by atoms with Crippen LogP contribution in [0.3, 0.4) is 0 Å². The monoisotopic (exact) mass is 715 g/mol. The molecule has 0 spiro atoms. The lowest BCUT2D eigenvalue weighted by atomic mass is 10.0. The number of carbonyl (C=O) groups excluding carboxylic acids is 1. The summed E-state index contributed by atoms with van der Waals surface area (Å²) >= 11 is 0. The summed E-state index contributed by atoms with van der Waals surface area (Å²) in [5.41, 5.74) is 7.43. The Labute approximate surface area is 257 Å². The van der Waals surface area contributed by atoms with E-state index in [4.69, 9.17) is 29.5 Å². The van der Waals surface area contributed by atoms with Crippen molar-refractivity contribution in [2.45, 2.75) is 44.0 Å². The number of phosphoric ester groups is 1. The molecule has 0 amide bonds. The average molecular weight is 716 g/mol. The van der Waals surface area contributed by atoms with Crippen molar-refractivity contribution >= 4 is 68.0 Å². The fraction of sp³-hybridized carbons (Fsp3) is 0.429. The van der Waals surface area contributed by atoms with Crippen molar-refractivity contribution in [1.82, 2.24) is 19.5 Å². The first-order valence-electron chi connectivity index (χ1n) is 12.5. The van der Waals surface area contributed by atoms with Gasteiger partial charge < -0.3 is 34.8 Å². The van der Waals surface area contributed by atoms with Crippen LogP contribution in [0.5, 0.6) is 0 Å². The minimum atomic E-state index is -5.75. The van der Waals surface area contributed by atoms with E-state index in [0.29, 0.717) is 0 Å². The molecule has 23 heteroatoms. The zero-order chi connectivity index (χ0) is 32.3. The highest BCUT2D eigenvalue weighted by molar-refractivity contribution is 8.76. The molecule has 1 aliphatic heterocycles. The number of ether oxygens (including phenoxy) is 2. The van der Waals surface area contributed by atoms with Crippen molar-refractivity contribution in [1.29, 1.82) is 0 Å². The number of hydrogen-bond acceptors (Lipinski definition) is 15. The lowest BCUT2D eigenvalue weighted by Crippen LogP contribution is -2.31. The van der Waals surface area contributed by atoms with Crippen LogP contribution in [0.2, 0.25) is 0 Å². The summed E-state index contributed by atoms with van der Waals surface area (Å²) in [6.45, 7) is 3.10. The summed E-state index contributed by atoms with van der Waals surface area (Å²) in [6.07, 6.45) is -0.736. The number of rotatable bonds is 14. The molecule has 18 nitrogen and oxygen atoms in total. The van der Waals surface area contributed by atoms with Crippen LogP contribution in [0.4, 0.5) is 5.82 Å². The van der Waals surface area contributed by atoms with E-state index in [-0.39, 0.29) is 34.2 Å². The second kappa shape index (κ2) is 14.3. The largest absolute Gasteiger partial charge is 0.490 e.